The smallest absolute Gasteiger partial charge is 0.427 e. The molecule has 3 N–H and O–H groups in total. The molecule has 1 fully saturated rings. The summed E-state index contributed by atoms with van der Waals surface area (Å²) in [6.45, 7) is 3.58. The maximum Gasteiger partial charge on any atom is 0.427 e. The van der Waals surface area contributed by atoms with Crippen molar-refractivity contribution in [3.63, 3.8) is 0 Å². The molecule has 2 amide bonds. The van der Waals surface area contributed by atoms with E-state index in [-0.39, 0.29) is 42.7 Å². The molecule has 1 unspecified atom stereocenters. The molecule has 0 radical (unpaired) electrons. The minimum Gasteiger partial charge on any atom is -0.506 e. The van der Waals surface area contributed by atoms with Crippen molar-refractivity contribution in [1.29, 1.82) is 0 Å². The molecule has 0 spiro atoms. The molecular formula is C27H36F3N5O9S. The summed E-state index contributed by atoms with van der Waals surface area (Å²) >= 11 is 0. The summed E-state index contributed by atoms with van der Waals surface area (Å²) in [5, 5.41) is 19.8. The molecule has 1 aromatic heterocycles. The molecule has 45 heavy (non-hydrogen) atoms. The van der Waals surface area contributed by atoms with E-state index in [1.165, 1.54) is 11.6 Å². The fraction of sp³-hybridized carbons (Fsp3) is 0.556. The molecule has 18 heteroatoms. The number of methoxy groups -OCH3 is 1. The molecule has 1 aliphatic carbocycles. The number of carbonyl (C=O) groups is 3. The Kier molecular flexibility index (Phi) is 10.8. The number of hydrogen-bond donors (Lipinski definition) is 3. The highest BCUT2D eigenvalue weighted by atomic mass is 32.2. The standard InChI is InChI=1S/C27H36F3N5O9S/c1-6-34-14-22(24(33-34)43-15-23(38)42-5)45(40,41)35(12-11-19(17-7-8-17)31-16(2)36)20-13-18(9-10-21(20)37)32-25(39)44-26(3,4)27(28,29)30/h9-10,13-14,17,19,37H,6-8,11-12,15H2,1-5H3,(H,31,36)(H,32,39). The van der Waals surface area contributed by atoms with Crippen LogP contribution in [-0.2, 0) is 35.6 Å². The average molecular weight is 664 g/mol. The number of ether oxygens (including phenoxy) is 3. The van der Waals surface area contributed by atoms with Crippen molar-refractivity contribution in [2.45, 2.75) is 76.2 Å². The van der Waals surface area contributed by atoms with Gasteiger partial charge < -0.3 is 24.6 Å². The average Bonchev–Trinajstić information content (AvgIpc) is 3.70. The van der Waals surface area contributed by atoms with Crippen LogP contribution in [0.4, 0.5) is 29.3 Å². The van der Waals surface area contributed by atoms with Crippen LogP contribution in [0, 0.1) is 5.92 Å². The predicted molar refractivity (Wildman–Crippen MR) is 153 cm³/mol. The number of nitrogens with zero attached hydrogens (tertiary/aromatic N) is 3. The second-order valence-corrected chi connectivity index (χ2v) is 12.6. The van der Waals surface area contributed by atoms with Crippen LogP contribution in [0.15, 0.2) is 29.3 Å². The number of carbonyl (C=O) groups excluding carboxylic acids is 3. The van der Waals surface area contributed by atoms with Crippen molar-refractivity contribution in [3.05, 3.63) is 24.4 Å². The molecule has 1 heterocycles. The zero-order valence-corrected chi connectivity index (χ0v) is 26.1. The van der Waals surface area contributed by atoms with Crippen LogP contribution in [0.25, 0.3) is 0 Å². The molecular weight excluding hydrogens is 627 g/mol. The van der Waals surface area contributed by atoms with Crippen LogP contribution >= 0.6 is 0 Å². The fourth-order valence-electron chi connectivity index (χ4n) is 4.18. The van der Waals surface area contributed by atoms with Gasteiger partial charge in [-0.15, -0.1) is 5.10 Å². The van der Waals surface area contributed by atoms with Gasteiger partial charge in [0.1, 0.15) is 5.75 Å². The van der Waals surface area contributed by atoms with Crippen molar-refractivity contribution in [2.24, 2.45) is 5.92 Å². The Hall–Kier alpha value is -4.22. The molecule has 1 saturated carbocycles. The van der Waals surface area contributed by atoms with E-state index < -0.39 is 63.0 Å². The first kappa shape index (κ1) is 35.3. The van der Waals surface area contributed by atoms with Crippen LogP contribution in [-0.4, -0.2) is 79.4 Å². The van der Waals surface area contributed by atoms with Crippen LogP contribution < -0.4 is 19.7 Å². The Balaban J connectivity index is 2.05. The highest BCUT2D eigenvalue weighted by Gasteiger charge is 2.51. The Labute approximate surface area is 257 Å². The van der Waals surface area contributed by atoms with Gasteiger partial charge in [-0.1, -0.05) is 0 Å². The Morgan fingerprint density at radius 2 is 1.89 bits per heavy atom. The zero-order chi connectivity index (χ0) is 33.7. The fourth-order valence-corrected chi connectivity index (χ4v) is 5.74. The number of halogens is 3. The number of esters is 1. The van der Waals surface area contributed by atoms with E-state index in [1.807, 2.05) is 0 Å². The van der Waals surface area contributed by atoms with Crippen molar-refractivity contribution < 1.29 is 55.3 Å². The largest absolute Gasteiger partial charge is 0.506 e. The summed E-state index contributed by atoms with van der Waals surface area (Å²) in [7, 11) is -3.55. The van der Waals surface area contributed by atoms with Crippen LogP contribution in [0.5, 0.6) is 11.6 Å². The monoisotopic (exact) mass is 663 g/mol. The predicted octanol–water partition coefficient (Wildman–Crippen LogP) is 3.55. The molecule has 0 bridgehead atoms. The number of sulfonamides is 1. The number of aryl methyl sites for hydroxylation is 1. The van der Waals surface area contributed by atoms with Gasteiger partial charge in [-0.25, -0.2) is 18.0 Å². The second-order valence-electron chi connectivity index (χ2n) is 10.8. The van der Waals surface area contributed by atoms with Crippen LogP contribution in [0.2, 0.25) is 0 Å². The number of alkyl halides is 3. The van der Waals surface area contributed by atoms with Gasteiger partial charge in [0.25, 0.3) is 15.9 Å². The van der Waals surface area contributed by atoms with E-state index in [4.69, 9.17) is 4.74 Å². The number of aromatic hydroxyl groups is 1. The van der Waals surface area contributed by atoms with Crippen molar-refractivity contribution in [1.82, 2.24) is 15.1 Å². The Morgan fingerprint density at radius 3 is 2.44 bits per heavy atom. The van der Waals surface area contributed by atoms with Crippen LogP contribution in [0.3, 0.4) is 0 Å². The second kappa shape index (κ2) is 13.8. The number of nitrogens with one attached hydrogen (secondary N) is 2. The van der Waals surface area contributed by atoms with E-state index in [0.29, 0.717) is 13.8 Å². The maximum absolute atomic E-state index is 14.2. The zero-order valence-electron chi connectivity index (χ0n) is 25.3. The molecule has 0 saturated heterocycles. The van der Waals surface area contributed by atoms with Gasteiger partial charge in [0.15, 0.2) is 11.5 Å². The van der Waals surface area contributed by atoms with Gasteiger partial charge in [-0.05, 0) is 64.2 Å². The van der Waals surface area contributed by atoms with E-state index in [9.17, 15) is 41.1 Å². The molecule has 14 nitrogen and oxygen atoms in total. The number of amides is 2. The lowest BCUT2D eigenvalue weighted by Crippen LogP contribution is -2.44. The van der Waals surface area contributed by atoms with Crippen molar-refractivity contribution >= 4 is 39.4 Å². The quantitative estimate of drug-likeness (QED) is 0.200. The molecule has 3 rings (SSSR count). The molecule has 0 aliphatic heterocycles. The SMILES string of the molecule is CCn1cc(S(=O)(=O)N(CCC(NC(C)=O)C2CC2)c2cc(NC(=O)OC(C)(C)C(F)(F)F)ccc2O)c(OCC(=O)OC)n1. The van der Waals surface area contributed by atoms with Gasteiger partial charge in [0.05, 0.1) is 12.8 Å². The van der Waals surface area contributed by atoms with Gasteiger partial charge in [-0.2, -0.15) is 13.2 Å². The lowest BCUT2D eigenvalue weighted by molar-refractivity contribution is -0.242. The normalized spacial score (nSPS) is 14.3. The summed E-state index contributed by atoms with van der Waals surface area (Å²) in [5.41, 5.74) is -3.39. The van der Waals surface area contributed by atoms with Gasteiger partial charge in [-0.3, -0.25) is 19.1 Å². The van der Waals surface area contributed by atoms with Crippen LogP contribution in [0.1, 0.15) is 47.0 Å². The third-order valence-electron chi connectivity index (χ3n) is 6.89. The Bertz CT molecular complexity index is 1510. The molecule has 2 aromatic rings. The number of aromatic nitrogens is 2. The molecule has 1 atom stereocenters. The molecule has 1 aliphatic rings. The minimum atomic E-state index is -4.88. The van der Waals surface area contributed by atoms with E-state index in [0.717, 1.165) is 48.7 Å². The summed E-state index contributed by atoms with van der Waals surface area (Å²) in [4.78, 5) is 35.4. The first-order chi connectivity index (χ1) is 20.9. The van der Waals surface area contributed by atoms with Gasteiger partial charge >= 0.3 is 18.2 Å². The van der Waals surface area contributed by atoms with Gasteiger partial charge in [0.2, 0.25) is 11.5 Å². The summed E-state index contributed by atoms with van der Waals surface area (Å²) in [6, 6.07) is 2.81. The highest BCUT2D eigenvalue weighted by molar-refractivity contribution is 7.93. The number of phenols is 1. The number of anilines is 2. The third-order valence-corrected chi connectivity index (χ3v) is 8.68. The molecule has 1 aromatic carbocycles. The number of hydrogen-bond acceptors (Lipinski definition) is 10. The summed E-state index contributed by atoms with van der Waals surface area (Å²) in [5.74, 6) is -2.01. The maximum atomic E-state index is 14.2. The lowest BCUT2D eigenvalue weighted by atomic mass is 10.1. The first-order valence-corrected chi connectivity index (χ1v) is 15.3. The van der Waals surface area contributed by atoms with E-state index >= 15 is 0 Å². The molecule has 250 valence electrons. The summed E-state index contributed by atoms with van der Waals surface area (Å²) in [6.07, 6.45) is -3.47. The van der Waals surface area contributed by atoms with E-state index in [1.54, 1.807) is 6.92 Å². The number of phenolic OH excluding ortho intramolecular Hbond substituents is 1. The topological polar surface area (TPSA) is 178 Å². The van der Waals surface area contributed by atoms with E-state index in [2.05, 4.69) is 25.2 Å². The van der Waals surface area contributed by atoms with Crippen molar-refractivity contribution in [3.8, 4) is 11.6 Å². The Morgan fingerprint density at radius 1 is 1.22 bits per heavy atom. The number of rotatable bonds is 14. The minimum absolute atomic E-state index is 0.0999. The van der Waals surface area contributed by atoms with Gasteiger partial charge in [0, 0.05) is 37.9 Å². The summed E-state index contributed by atoms with van der Waals surface area (Å²) < 4.78 is 84.7. The third kappa shape index (κ3) is 8.92. The lowest BCUT2D eigenvalue weighted by Gasteiger charge is -2.28. The number of benzene rings is 1. The first-order valence-electron chi connectivity index (χ1n) is 13.9. The highest BCUT2D eigenvalue weighted by Crippen LogP contribution is 2.39. The van der Waals surface area contributed by atoms with Crippen molar-refractivity contribution in [2.75, 3.05) is 29.9 Å².